The molecule has 8 nitrogen and oxygen atoms in total. The van der Waals surface area contributed by atoms with Crippen molar-refractivity contribution in [3.8, 4) is 0 Å². The van der Waals surface area contributed by atoms with Crippen molar-refractivity contribution in [2.45, 2.75) is 31.0 Å². The molecule has 1 fully saturated rings. The van der Waals surface area contributed by atoms with Crippen molar-refractivity contribution < 1.29 is 21.6 Å². The van der Waals surface area contributed by atoms with E-state index < -0.39 is 33.8 Å². The fourth-order valence-corrected chi connectivity index (χ4v) is 6.33. The molecule has 2 aliphatic rings. The predicted octanol–water partition coefficient (Wildman–Crippen LogP) is 4.28. The Balaban J connectivity index is 1.71. The van der Waals surface area contributed by atoms with Crippen LogP contribution >= 0.6 is 22.9 Å². The summed E-state index contributed by atoms with van der Waals surface area (Å²) in [6, 6.07) is 4.54. The molecule has 2 aliphatic heterocycles. The van der Waals surface area contributed by atoms with Crippen LogP contribution < -0.4 is 5.73 Å². The molecule has 0 saturated carbocycles. The summed E-state index contributed by atoms with van der Waals surface area (Å²) in [6.07, 6.45) is 4.35. The average Bonchev–Trinajstić information content (AvgIpc) is 3.56. The van der Waals surface area contributed by atoms with E-state index in [1.54, 1.807) is 11.6 Å². The van der Waals surface area contributed by atoms with Crippen LogP contribution in [0.3, 0.4) is 0 Å². The van der Waals surface area contributed by atoms with E-state index in [2.05, 4.69) is 10.1 Å². The van der Waals surface area contributed by atoms with Gasteiger partial charge in [0.05, 0.1) is 11.4 Å². The summed E-state index contributed by atoms with van der Waals surface area (Å²) in [6.45, 7) is -2.62. The zero-order valence-corrected chi connectivity index (χ0v) is 21.9. The number of halogens is 4. The second-order valence-corrected chi connectivity index (χ2v) is 12.7. The highest BCUT2D eigenvalue weighted by atomic mass is 35.5. The van der Waals surface area contributed by atoms with Crippen LogP contribution in [0, 0.1) is 5.82 Å². The Morgan fingerprint density at radius 3 is 2.73 bits per heavy atom. The Morgan fingerprint density at radius 2 is 2.11 bits per heavy atom. The monoisotopic (exact) mass is 570 g/mol. The number of thiazole rings is 1. The number of nitrogens with zero attached hydrogens (tertiary/aromatic N) is 5. The van der Waals surface area contributed by atoms with E-state index in [1.807, 2.05) is 4.90 Å². The highest BCUT2D eigenvalue weighted by Crippen LogP contribution is 2.48. The molecule has 14 heteroatoms. The van der Waals surface area contributed by atoms with Crippen molar-refractivity contribution in [1.82, 2.24) is 19.7 Å². The summed E-state index contributed by atoms with van der Waals surface area (Å²) < 4.78 is 65.1. The van der Waals surface area contributed by atoms with Gasteiger partial charge in [-0.2, -0.15) is 13.9 Å². The van der Waals surface area contributed by atoms with E-state index in [1.165, 1.54) is 29.5 Å². The number of hydrogen-bond donors (Lipinski definition) is 1. The molecule has 4 heterocycles. The van der Waals surface area contributed by atoms with Gasteiger partial charge in [0.15, 0.2) is 10.8 Å². The fourth-order valence-electron chi connectivity index (χ4n) is 4.64. The molecule has 0 spiro atoms. The Bertz CT molecular complexity index is 1510. The molecule has 0 bridgehead atoms. The van der Waals surface area contributed by atoms with Crippen LogP contribution in [0.1, 0.15) is 41.7 Å². The molecule has 3 aromatic rings. The van der Waals surface area contributed by atoms with Gasteiger partial charge in [0, 0.05) is 64.4 Å². The lowest BCUT2D eigenvalue weighted by Gasteiger charge is -2.32. The van der Waals surface area contributed by atoms with Gasteiger partial charge in [0.2, 0.25) is 0 Å². The topological polar surface area (TPSA) is 106 Å². The number of amidine groups is 1. The van der Waals surface area contributed by atoms with Crippen molar-refractivity contribution in [1.29, 1.82) is 0 Å². The zero-order valence-electron chi connectivity index (χ0n) is 19.5. The van der Waals surface area contributed by atoms with E-state index in [-0.39, 0.29) is 35.9 Å². The second-order valence-electron chi connectivity index (χ2n) is 9.18. The molecule has 0 radical (unpaired) electrons. The van der Waals surface area contributed by atoms with Gasteiger partial charge in [-0.1, -0.05) is 17.7 Å². The highest BCUT2D eigenvalue weighted by Gasteiger charge is 2.46. The van der Waals surface area contributed by atoms with Gasteiger partial charge in [-0.05, 0) is 24.6 Å². The van der Waals surface area contributed by atoms with E-state index >= 15 is 0 Å². The minimum absolute atomic E-state index is 0.112. The van der Waals surface area contributed by atoms with Crippen molar-refractivity contribution in [2.75, 3.05) is 18.6 Å². The first kappa shape index (κ1) is 25.9. The fraction of sp³-hybridized carbons (Fsp3) is 0.348. The van der Waals surface area contributed by atoms with Gasteiger partial charge >= 0.3 is 6.55 Å². The molecule has 2 atom stereocenters. The molecule has 2 aromatic heterocycles. The number of fused-ring (bicyclic) bond motifs is 1. The summed E-state index contributed by atoms with van der Waals surface area (Å²) in [5, 5.41) is 6.57. The number of sulfone groups is 1. The van der Waals surface area contributed by atoms with E-state index in [4.69, 9.17) is 22.3 Å². The largest absolute Gasteiger partial charge is 0.333 e. The number of alkyl halides is 2. The Kier molecular flexibility index (Phi) is 6.67. The molecule has 37 heavy (non-hydrogen) atoms. The lowest BCUT2D eigenvalue weighted by molar-refractivity contribution is 0.0564. The highest BCUT2D eigenvalue weighted by molar-refractivity contribution is 7.90. The van der Waals surface area contributed by atoms with E-state index in [9.17, 15) is 21.6 Å². The van der Waals surface area contributed by atoms with Crippen LogP contribution in [0.5, 0.6) is 0 Å². The first-order valence-corrected chi connectivity index (χ1v) is 14.5. The molecule has 0 aliphatic carbocycles. The number of hydrogen-bond acceptors (Lipinski definition) is 8. The number of aliphatic imine (C=N–C) groups is 1. The third-order valence-corrected chi connectivity index (χ3v) is 8.39. The molecular formula is C23H22ClF3N6O2S2. The van der Waals surface area contributed by atoms with Gasteiger partial charge in [-0.15, -0.1) is 11.3 Å². The van der Waals surface area contributed by atoms with Crippen molar-refractivity contribution >= 4 is 44.2 Å². The molecule has 0 unspecified atom stereocenters. The number of rotatable bonds is 7. The second kappa shape index (κ2) is 9.53. The van der Waals surface area contributed by atoms with Gasteiger partial charge in [0.1, 0.15) is 21.7 Å². The molecule has 196 valence electrons. The summed E-state index contributed by atoms with van der Waals surface area (Å²) in [4.78, 5) is 11.2. The van der Waals surface area contributed by atoms with Crippen LogP contribution in [0.15, 0.2) is 52.7 Å². The van der Waals surface area contributed by atoms with Gasteiger partial charge in [0.25, 0.3) is 0 Å². The molecular weight excluding hydrogens is 549 g/mol. The third kappa shape index (κ3) is 5.17. The van der Waals surface area contributed by atoms with Crippen molar-refractivity contribution in [3.63, 3.8) is 0 Å². The van der Waals surface area contributed by atoms with Crippen molar-refractivity contribution in [3.05, 3.63) is 74.8 Å². The minimum Gasteiger partial charge on any atom is -0.326 e. The molecule has 1 aromatic carbocycles. The van der Waals surface area contributed by atoms with Gasteiger partial charge in [-0.3, -0.25) is 4.99 Å². The molecule has 2 N–H and O–H groups in total. The standard InChI is InChI=1S/C23H22ClF3N6O2S2/c1-37(34,35)9-5-23(28)11-17-18(16-4-7-33(31-16)22(26)27)19(14-3-2-13(25)10-15(14)24)30-20(32(17)12-23)21-29-6-8-36-21/h2-4,6-8,10,19,22H,5,9,11-12,28H2,1H3/t19-,23-/m0/s1. The summed E-state index contributed by atoms with van der Waals surface area (Å²) in [5.74, 6) is -0.162. The minimum atomic E-state index is -3.28. The smallest absolute Gasteiger partial charge is 0.326 e. The maximum Gasteiger partial charge on any atom is 0.333 e. The third-order valence-electron chi connectivity index (χ3n) is 6.35. The quantitative estimate of drug-likeness (QED) is 0.454. The Labute approximate surface area is 220 Å². The van der Waals surface area contributed by atoms with Crippen LogP contribution in [0.25, 0.3) is 5.57 Å². The van der Waals surface area contributed by atoms with Crippen LogP contribution in [0.4, 0.5) is 13.2 Å². The van der Waals surface area contributed by atoms with Crippen LogP contribution in [0.2, 0.25) is 5.02 Å². The summed E-state index contributed by atoms with van der Waals surface area (Å²) in [5.41, 5.74) is 7.62. The zero-order chi connectivity index (χ0) is 26.5. The SMILES string of the molecule is CS(=O)(=O)CC[C@]1(N)CC2=C(c3ccn(C(F)F)n3)[C@H](c3ccc(F)cc3Cl)N=C(c3nccs3)N2C1. The Morgan fingerprint density at radius 1 is 1.32 bits per heavy atom. The lowest BCUT2D eigenvalue weighted by atomic mass is 9.89. The molecule has 0 amide bonds. The Hall–Kier alpha value is -2.74. The molecule has 5 rings (SSSR count). The maximum absolute atomic E-state index is 13.9. The van der Waals surface area contributed by atoms with Gasteiger partial charge in [-0.25, -0.2) is 22.5 Å². The van der Waals surface area contributed by atoms with Gasteiger partial charge < -0.3 is 10.6 Å². The first-order chi connectivity index (χ1) is 17.4. The average molecular weight is 571 g/mol. The lowest BCUT2D eigenvalue weighted by Crippen LogP contribution is -2.45. The maximum atomic E-state index is 13.9. The number of nitrogens with two attached hydrogens (primary N) is 1. The van der Waals surface area contributed by atoms with Crippen LogP contribution in [-0.2, 0) is 9.84 Å². The summed E-state index contributed by atoms with van der Waals surface area (Å²) in [7, 11) is -3.28. The van der Waals surface area contributed by atoms with E-state index in [0.717, 1.165) is 18.5 Å². The van der Waals surface area contributed by atoms with E-state index in [0.29, 0.717) is 32.4 Å². The number of aromatic nitrogens is 3. The normalized spacial score (nSPS) is 22.1. The first-order valence-electron chi connectivity index (χ1n) is 11.2. The van der Waals surface area contributed by atoms with Crippen LogP contribution in [-0.4, -0.2) is 58.0 Å². The number of benzene rings is 1. The molecule has 1 saturated heterocycles. The summed E-state index contributed by atoms with van der Waals surface area (Å²) >= 11 is 7.80. The van der Waals surface area contributed by atoms with Crippen molar-refractivity contribution in [2.24, 2.45) is 10.7 Å². The predicted molar refractivity (Wildman–Crippen MR) is 136 cm³/mol.